The van der Waals surface area contributed by atoms with Gasteiger partial charge in [0.15, 0.2) is 6.10 Å². The highest BCUT2D eigenvalue weighted by Crippen LogP contribution is 2.30. The largest absolute Gasteiger partial charge is 0.363 e. The molecule has 0 amide bonds. The molecular weight excluding hydrogens is 162 g/mol. The van der Waals surface area contributed by atoms with Crippen molar-refractivity contribution in [1.29, 1.82) is 0 Å². The third kappa shape index (κ3) is 1.81. The summed E-state index contributed by atoms with van der Waals surface area (Å²) in [4.78, 5) is 12.5. The molecule has 1 fully saturated rings. The first-order valence-corrected chi connectivity index (χ1v) is 3.71. The van der Waals surface area contributed by atoms with E-state index >= 15 is 0 Å². The van der Waals surface area contributed by atoms with E-state index in [4.69, 9.17) is 14.9 Å². The van der Waals surface area contributed by atoms with Crippen LogP contribution in [0.5, 0.6) is 0 Å². The molecule has 2 N–H and O–H groups in total. The van der Waals surface area contributed by atoms with Gasteiger partial charge in [-0.15, -0.1) is 0 Å². The molecule has 1 unspecified atom stereocenters. The summed E-state index contributed by atoms with van der Waals surface area (Å²) in [5.41, 5.74) is 0. The molecule has 0 spiro atoms. The number of hydrogen-bond acceptors (Lipinski definition) is 5. The molecule has 0 saturated heterocycles. The van der Waals surface area contributed by atoms with Gasteiger partial charge in [0, 0.05) is 6.54 Å². The van der Waals surface area contributed by atoms with E-state index in [-0.39, 0.29) is 0 Å². The molecule has 1 aliphatic carbocycles. The van der Waals surface area contributed by atoms with Crippen LogP contribution in [-0.4, -0.2) is 60.0 Å². The van der Waals surface area contributed by atoms with Gasteiger partial charge >= 0.3 is 0 Å². The second-order valence-corrected chi connectivity index (χ2v) is 3.14. The maximum absolute atomic E-state index is 10.6. The van der Waals surface area contributed by atoms with Crippen LogP contribution in [0.25, 0.3) is 0 Å². The van der Waals surface area contributed by atoms with Crippen LogP contribution in [0.1, 0.15) is 0 Å². The number of ether oxygens (including phenoxy) is 1. The average molecular weight is 175 g/mol. The van der Waals surface area contributed by atoms with Gasteiger partial charge in [0.1, 0.15) is 0 Å². The zero-order chi connectivity index (χ0) is 9.35. The summed E-state index contributed by atoms with van der Waals surface area (Å²) in [6.07, 6.45) is -1.03. The van der Waals surface area contributed by atoms with Crippen molar-refractivity contribution in [2.24, 2.45) is 0 Å². The van der Waals surface area contributed by atoms with Crippen molar-refractivity contribution in [3.8, 4) is 0 Å². The number of likely N-dealkylation sites (N-methyl/N-ethyl adjacent to an activating group) is 1. The van der Waals surface area contributed by atoms with E-state index in [1.807, 2.05) is 19.0 Å². The van der Waals surface area contributed by atoms with Crippen molar-refractivity contribution in [3.63, 3.8) is 0 Å². The molecular formula is C7H13NO4. The van der Waals surface area contributed by atoms with Crippen LogP contribution in [0.15, 0.2) is 0 Å². The predicted molar refractivity (Wildman–Crippen MR) is 40.5 cm³/mol. The zero-order valence-corrected chi connectivity index (χ0v) is 7.15. The lowest BCUT2D eigenvalue weighted by atomic mass is 10.6. The summed E-state index contributed by atoms with van der Waals surface area (Å²) in [6, 6.07) is 0. The number of ketones is 1. The third-order valence-electron chi connectivity index (χ3n) is 1.71. The minimum Gasteiger partial charge on any atom is -0.363 e. The number of carbonyl (C=O) groups is 1. The molecule has 0 aliphatic heterocycles. The van der Waals surface area contributed by atoms with E-state index in [2.05, 4.69) is 0 Å². The lowest BCUT2D eigenvalue weighted by Gasteiger charge is -2.08. The number of carbonyl (C=O) groups excluding carboxylic acids is 1. The van der Waals surface area contributed by atoms with E-state index in [0.29, 0.717) is 13.2 Å². The first-order chi connectivity index (χ1) is 5.46. The molecule has 5 nitrogen and oxygen atoms in total. The summed E-state index contributed by atoms with van der Waals surface area (Å²) >= 11 is 0. The Labute approximate surface area is 70.5 Å². The molecule has 0 aromatic rings. The average Bonchev–Trinajstić information content (AvgIpc) is 2.37. The fraction of sp³-hybridized carbons (Fsp3) is 0.857. The lowest BCUT2D eigenvalue weighted by molar-refractivity contribution is -0.137. The van der Waals surface area contributed by atoms with E-state index < -0.39 is 17.7 Å². The Balaban J connectivity index is 2.15. The molecule has 1 atom stereocenters. The van der Waals surface area contributed by atoms with Gasteiger partial charge in [0.25, 0.3) is 5.79 Å². The Morgan fingerprint density at radius 1 is 1.58 bits per heavy atom. The van der Waals surface area contributed by atoms with Gasteiger partial charge in [0.2, 0.25) is 5.78 Å². The molecule has 1 aliphatic rings. The molecule has 5 heteroatoms. The predicted octanol–water partition coefficient (Wildman–Crippen LogP) is -1.80. The fourth-order valence-corrected chi connectivity index (χ4v) is 0.803. The van der Waals surface area contributed by atoms with E-state index in [0.717, 1.165) is 0 Å². The van der Waals surface area contributed by atoms with Crippen LogP contribution in [0.2, 0.25) is 0 Å². The first kappa shape index (κ1) is 9.60. The highest BCUT2D eigenvalue weighted by molar-refractivity contribution is 6.07. The van der Waals surface area contributed by atoms with Crippen LogP contribution in [0, 0.1) is 0 Å². The van der Waals surface area contributed by atoms with Crippen molar-refractivity contribution in [2.75, 3.05) is 27.2 Å². The highest BCUT2D eigenvalue weighted by atomic mass is 16.6. The van der Waals surface area contributed by atoms with Gasteiger partial charge in [0.05, 0.1) is 6.61 Å². The van der Waals surface area contributed by atoms with Crippen LogP contribution < -0.4 is 0 Å². The number of rotatable bonds is 4. The Hall–Kier alpha value is -0.490. The van der Waals surface area contributed by atoms with Gasteiger partial charge in [-0.05, 0) is 14.1 Å². The smallest absolute Gasteiger partial charge is 0.261 e. The lowest BCUT2D eigenvalue weighted by Crippen LogP contribution is -2.21. The summed E-state index contributed by atoms with van der Waals surface area (Å²) in [5, 5.41) is 17.6. The van der Waals surface area contributed by atoms with Gasteiger partial charge in [-0.3, -0.25) is 4.79 Å². The van der Waals surface area contributed by atoms with Crippen molar-refractivity contribution < 1.29 is 19.7 Å². The summed E-state index contributed by atoms with van der Waals surface area (Å²) in [7, 11) is 3.73. The summed E-state index contributed by atoms with van der Waals surface area (Å²) in [5.74, 6) is -2.87. The summed E-state index contributed by atoms with van der Waals surface area (Å²) in [6.45, 7) is 0.978. The second-order valence-electron chi connectivity index (χ2n) is 3.14. The van der Waals surface area contributed by atoms with Gasteiger partial charge in [-0.1, -0.05) is 0 Å². The quantitative estimate of drug-likeness (QED) is 0.493. The number of aliphatic hydroxyl groups is 2. The van der Waals surface area contributed by atoms with Crippen LogP contribution in [0.4, 0.5) is 0 Å². The fourth-order valence-electron chi connectivity index (χ4n) is 0.803. The van der Waals surface area contributed by atoms with Crippen molar-refractivity contribution in [1.82, 2.24) is 4.90 Å². The normalized spacial score (nSPS) is 26.4. The molecule has 70 valence electrons. The standard InChI is InChI=1S/C7H13NO4/c1-8(2)3-4-12-6-5(9)7(6,10)11/h6,10-11H,3-4H2,1-2H3. The number of Topliss-reactive ketones (excluding diaryl/α,β-unsaturated/α-hetero) is 1. The summed E-state index contributed by atoms with van der Waals surface area (Å²) < 4.78 is 4.90. The molecule has 0 bridgehead atoms. The minimum absolute atomic E-state index is 0.326. The maximum Gasteiger partial charge on any atom is 0.261 e. The van der Waals surface area contributed by atoms with Gasteiger partial charge in [-0.2, -0.15) is 0 Å². The highest BCUT2D eigenvalue weighted by Gasteiger charge is 2.65. The van der Waals surface area contributed by atoms with Crippen molar-refractivity contribution >= 4 is 5.78 Å². The Kier molecular flexibility index (Phi) is 2.48. The minimum atomic E-state index is -2.22. The van der Waals surface area contributed by atoms with Gasteiger partial charge in [-0.25, -0.2) is 0 Å². The van der Waals surface area contributed by atoms with E-state index in [9.17, 15) is 4.79 Å². The van der Waals surface area contributed by atoms with Crippen LogP contribution in [-0.2, 0) is 9.53 Å². The molecule has 0 aromatic carbocycles. The molecule has 1 rings (SSSR count). The third-order valence-corrected chi connectivity index (χ3v) is 1.71. The zero-order valence-electron chi connectivity index (χ0n) is 7.15. The SMILES string of the molecule is CN(C)CCOC1C(=O)C1(O)O. The van der Waals surface area contributed by atoms with E-state index in [1.54, 1.807) is 0 Å². The first-order valence-electron chi connectivity index (χ1n) is 3.71. The van der Waals surface area contributed by atoms with Crippen LogP contribution in [0.3, 0.4) is 0 Å². The van der Waals surface area contributed by atoms with Crippen LogP contribution >= 0.6 is 0 Å². The molecule has 0 aromatic heterocycles. The second kappa shape index (κ2) is 3.10. The Morgan fingerprint density at radius 2 is 2.08 bits per heavy atom. The topological polar surface area (TPSA) is 70.0 Å². The molecule has 1 saturated carbocycles. The molecule has 0 radical (unpaired) electrons. The van der Waals surface area contributed by atoms with Gasteiger partial charge < -0.3 is 19.8 Å². The molecule has 12 heavy (non-hydrogen) atoms. The number of hydrogen-bond donors (Lipinski definition) is 2. The number of nitrogens with zero attached hydrogens (tertiary/aromatic N) is 1. The Bertz CT molecular complexity index is 190. The molecule has 0 heterocycles. The monoisotopic (exact) mass is 175 g/mol. The van der Waals surface area contributed by atoms with Crippen molar-refractivity contribution in [3.05, 3.63) is 0 Å². The maximum atomic E-state index is 10.6. The van der Waals surface area contributed by atoms with Crippen molar-refractivity contribution in [2.45, 2.75) is 11.9 Å². The van der Waals surface area contributed by atoms with E-state index in [1.165, 1.54) is 0 Å². The Morgan fingerprint density at radius 3 is 2.42 bits per heavy atom.